The fourth-order valence-corrected chi connectivity index (χ4v) is 4.83. The van der Waals surface area contributed by atoms with E-state index >= 15 is 0 Å². The lowest BCUT2D eigenvalue weighted by molar-refractivity contribution is -0.0502. The second kappa shape index (κ2) is 7.34. The van der Waals surface area contributed by atoms with Crippen molar-refractivity contribution in [3.63, 3.8) is 0 Å². The number of amidine groups is 1. The van der Waals surface area contributed by atoms with Crippen LogP contribution in [0.2, 0.25) is 0 Å². The highest BCUT2D eigenvalue weighted by atomic mass is 16.3. The topological polar surface area (TPSA) is 140 Å². The Morgan fingerprint density at radius 3 is 2.81 bits per heavy atom. The average Bonchev–Trinajstić information content (AvgIpc) is 2.48. The number of nitrogens with two attached hydrogens (primary N) is 1. The minimum absolute atomic E-state index is 0.0799. The van der Waals surface area contributed by atoms with Crippen LogP contribution in [-0.2, 0) is 0 Å². The molecule has 0 spiro atoms. The van der Waals surface area contributed by atoms with Gasteiger partial charge in [-0.3, -0.25) is 5.41 Å². The number of nitrogens with one attached hydrogen (secondary N) is 3. The third-order valence-electron chi connectivity index (χ3n) is 5.54. The van der Waals surface area contributed by atoms with E-state index in [2.05, 4.69) is 27.5 Å². The van der Waals surface area contributed by atoms with Crippen LogP contribution in [0.1, 0.15) is 46.5 Å². The molecule has 8 heteroatoms. The number of hydrogen-bond donors (Lipinski definition) is 6. The molecule has 0 aliphatic heterocycles. The molecule has 0 radical (unpaired) electrons. The van der Waals surface area contributed by atoms with E-state index < -0.39 is 5.60 Å². The van der Waals surface area contributed by atoms with Crippen LogP contribution >= 0.6 is 0 Å². The highest BCUT2D eigenvalue weighted by molar-refractivity contribution is 6.01. The lowest BCUT2D eigenvalue weighted by Gasteiger charge is -2.49. The monoisotopic (exact) mass is 374 g/mol. The number of hydrogen-bond acceptors (Lipinski definition) is 7. The van der Waals surface area contributed by atoms with Gasteiger partial charge < -0.3 is 26.6 Å². The first kappa shape index (κ1) is 19.4. The molecule has 1 aromatic heterocycles. The standard InChI is InChI=1S/C19H30N6O2/c1-10-4-12-6-13(9-19(3,27)8-12)17(10)25-18-23-15(7-16(26)24-18)22-14(21)5-11(2)20/h5,7,10,12-13,17,27H,4,6,8-9,20H2,1-3H3,(H4,21,22,23,24,25,26)/b11-5-. The largest absolute Gasteiger partial charge is 0.493 e. The molecule has 1 aromatic rings. The van der Waals surface area contributed by atoms with Crippen LogP contribution in [0, 0.1) is 23.2 Å². The van der Waals surface area contributed by atoms with Crippen LogP contribution in [0.3, 0.4) is 0 Å². The van der Waals surface area contributed by atoms with E-state index in [0.717, 1.165) is 25.7 Å². The number of aliphatic hydroxyl groups is 1. The van der Waals surface area contributed by atoms with Crippen molar-refractivity contribution in [2.45, 2.75) is 58.1 Å². The van der Waals surface area contributed by atoms with E-state index in [0.29, 0.717) is 35.2 Å². The van der Waals surface area contributed by atoms with Crippen LogP contribution in [-0.4, -0.2) is 37.7 Å². The molecular weight excluding hydrogens is 344 g/mol. The van der Waals surface area contributed by atoms with Crippen molar-refractivity contribution in [3.8, 4) is 5.88 Å². The van der Waals surface area contributed by atoms with E-state index in [-0.39, 0.29) is 17.8 Å². The van der Waals surface area contributed by atoms with Crippen molar-refractivity contribution in [3.05, 3.63) is 17.8 Å². The van der Waals surface area contributed by atoms with E-state index in [1.165, 1.54) is 12.1 Å². The maximum atomic E-state index is 10.6. The molecule has 3 rings (SSSR count). The Morgan fingerprint density at radius 1 is 1.37 bits per heavy atom. The zero-order valence-electron chi connectivity index (χ0n) is 16.2. The second-order valence-electron chi connectivity index (χ2n) is 8.51. The van der Waals surface area contributed by atoms with Gasteiger partial charge in [-0.05, 0) is 63.4 Å². The second-order valence-corrected chi connectivity index (χ2v) is 8.51. The maximum Gasteiger partial charge on any atom is 0.228 e. The summed E-state index contributed by atoms with van der Waals surface area (Å²) in [5, 5.41) is 34.6. The van der Waals surface area contributed by atoms with Crippen LogP contribution in [0.5, 0.6) is 5.88 Å². The minimum atomic E-state index is -0.623. The van der Waals surface area contributed by atoms with Crippen molar-refractivity contribution in [2.75, 3.05) is 10.6 Å². The first-order chi connectivity index (χ1) is 12.6. The van der Waals surface area contributed by atoms with Gasteiger partial charge in [-0.15, -0.1) is 0 Å². The van der Waals surface area contributed by atoms with Crippen LogP contribution in [0.15, 0.2) is 17.8 Å². The summed E-state index contributed by atoms with van der Waals surface area (Å²) >= 11 is 0. The fourth-order valence-electron chi connectivity index (χ4n) is 4.83. The molecule has 0 amide bonds. The number of rotatable bonds is 4. The Labute approximate surface area is 159 Å². The zero-order valence-corrected chi connectivity index (χ0v) is 16.2. The minimum Gasteiger partial charge on any atom is -0.493 e. The summed E-state index contributed by atoms with van der Waals surface area (Å²) < 4.78 is 0. The molecule has 0 aromatic carbocycles. The first-order valence-corrected chi connectivity index (χ1v) is 9.47. The highest BCUT2D eigenvalue weighted by Gasteiger charge is 2.45. The highest BCUT2D eigenvalue weighted by Crippen LogP contribution is 2.47. The number of allylic oxidation sites excluding steroid dienone is 1. The SMILES string of the molecule is C/C(N)=C/C(=N)Nc1cc(O)nc(NC2C(C)CC3CC2CC(C)(O)C3)n1. The predicted molar refractivity (Wildman–Crippen MR) is 106 cm³/mol. The van der Waals surface area contributed by atoms with Crippen molar-refractivity contribution in [1.82, 2.24) is 9.97 Å². The molecule has 2 aliphatic carbocycles. The maximum absolute atomic E-state index is 10.6. The molecule has 27 heavy (non-hydrogen) atoms. The third kappa shape index (κ3) is 4.88. The van der Waals surface area contributed by atoms with Gasteiger partial charge in [0, 0.05) is 17.8 Å². The molecule has 2 fully saturated rings. The normalized spacial score (nSPS) is 33.4. The van der Waals surface area contributed by atoms with Gasteiger partial charge in [0.2, 0.25) is 11.8 Å². The summed E-state index contributed by atoms with van der Waals surface area (Å²) in [7, 11) is 0. The van der Waals surface area contributed by atoms with E-state index in [1.807, 2.05) is 6.92 Å². The summed E-state index contributed by atoms with van der Waals surface area (Å²) in [6, 6.07) is 1.50. The van der Waals surface area contributed by atoms with Gasteiger partial charge in [0.1, 0.15) is 11.7 Å². The molecule has 5 unspecified atom stereocenters. The van der Waals surface area contributed by atoms with Gasteiger partial charge in [-0.2, -0.15) is 9.97 Å². The molecule has 7 N–H and O–H groups in total. The zero-order chi connectivity index (χ0) is 19.8. The Kier molecular flexibility index (Phi) is 5.28. The Hall–Kier alpha value is -2.35. The average molecular weight is 374 g/mol. The number of fused-ring (bicyclic) bond motifs is 2. The molecule has 148 valence electrons. The Bertz CT molecular complexity index is 742. The summed E-state index contributed by atoms with van der Waals surface area (Å²) in [5.41, 5.74) is 5.46. The van der Waals surface area contributed by atoms with E-state index in [4.69, 9.17) is 11.1 Å². The summed E-state index contributed by atoms with van der Waals surface area (Å²) in [5.74, 6) is 1.87. The lowest BCUT2D eigenvalue weighted by atomic mass is 9.61. The number of aromatic hydroxyl groups is 1. The fraction of sp³-hybridized carbons (Fsp3) is 0.632. The molecule has 2 aliphatic rings. The van der Waals surface area contributed by atoms with E-state index in [9.17, 15) is 10.2 Å². The predicted octanol–water partition coefficient (Wildman–Crippen LogP) is 2.42. The van der Waals surface area contributed by atoms with E-state index in [1.54, 1.807) is 6.92 Å². The molecule has 2 bridgehead atoms. The third-order valence-corrected chi connectivity index (χ3v) is 5.54. The van der Waals surface area contributed by atoms with Gasteiger partial charge in [0.25, 0.3) is 0 Å². The molecule has 8 nitrogen and oxygen atoms in total. The van der Waals surface area contributed by atoms with Crippen molar-refractivity contribution in [2.24, 2.45) is 23.5 Å². The number of aromatic nitrogens is 2. The number of anilines is 2. The molecule has 0 saturated heterocycles. The summed E-state index contributed by atoms with van der Waals surface area (Å²) in [6.45, 7) is 5.82. The van der Waals surface area contributed by atoms with Gasteiger partial charge >= 0.3 is 0 Å². The summed E-state index contributed by atoms with van der Waals surface area (Å²) in [4.78, 5) is 8.48. The van der Waals surface area contributed by atoms with Gasteiger partial charge in [0.05, 0.1) is 5.60 Å². The van der Waals surface area contributed by atoms with Gasteiger partial charge in [0.15, 0.2) is 0 Å². The van der Waals surface area contributed by atoms with Crippen molar-refractivity contribution < 1.29 is 10.2 Å². The summed E-state index contributed by atoms with van der Waals surface area (Å²) in [6.07, 6.45) is 5.24. The molecule has 1 heterocycles. The van der Waals surface area contributed by atoms with Gasteiger partial charge in [-0.25, -0.2) is 0 Å². The lowest BCUT2D eigenvalue weighted by Crippen LogP contribution is -2.50. The molecule has 2 saturated carbocycles. The molecule has 5 atom stereocenters. The van der Waals surface area contributed by atoms with Crippen molar-refractivity contribution in [1.29, 1.82) is 5.41 Å². The Balaban J connectivity index is 1.76. The van der Waals surface area contributed by atoms with Crippen LogP contribution in [0.4, 0.5) is 11.8 Å². The Morgan fingerprint density at radius 2 is 2.11 bits per heavy atom. The quantitative estimate of drug-likeness (QED) is 0.351. The van der Waals surface area contributed by atoms with Crippen LogP contribution < -0.4 is 16.4 Å². The van der Waals surface area contributed by atoms with Gasteiger partial charge in [-0.1, -0.05) is 6.92 Å². The smallest absolute Gasteiger partial charge is 0.228 e. The first-order valence-electron chi connectivity index (χ1n) is 9.47. The van der Waals surface area contributed by atoms with Crippen molar-refractivity contribution >= 4 is 17.6 Å². The van der Waals surface area contributed by atoms with Crippen LogP contribution in [0.25, 0.3) is 0 Å². The molecular formula is C19H30N6O2. The number of nitrogens with zero attached hydrogens (tertiary/aromatic N) is 2.